The highest BCUT2D eigenvalue weighted by molar-refractivity contribution is 4.86. The molecule has 90 valence electrons. The van der Waals surface area contributed by atoms with Crippen LogP contribution in [0.15, 0.2) is 21.9 Å². The van der Waals surface area contributed by atoms with Gasteiger partial charge in [-0.1, -0.05) is 6.92 Å². The molecule has 0 saturated heterocycles. The average Bonchev–Trinajstić information content (AvgIpc) is 2.27. The first-order chi connectivity index (χ1) is 7.70. The maximum absolute atomic E-state index is 11.8. The van der Waals surface area contributed by atoms with Crippen molar-refractivity contribution in [1.29, 1.82) is 0 Å². The van der Waals surface area contributed by atoms with Crippen LogP contribution < -0.4 is 11.2 Å². The highest BCUT2D eigenvalue weighted by atomic mass is 16.3. The van der Waals surface area contributed by atoms with Crippen LogP contribution in [0, 0.1) is 0 Å². The molecule has 0 aliphatic rings. The Kier molecular flexibility index (Phi) is 4.98. The van der Waals surface area contributed by atoms with Crippen LogP contribution in [0.3, 0.4) is 0 Å². The molecule has 1 rings (SSSR count). The van der Waals surface area contributed by atoms with Crippen molar-refractivity contribution >= 4 is 0 Å². The molecule has 1 aromatic rings. The van der Waals surface area contributed by atoms with Crippen LogP contribution in [0.4, 0.5) is 0 Å². The Hall–Kier alpha value is -1.36. The molecule has 0 bridgehead atoms. The molecule has 1 N–H and O–H groups in total. The number of aliphatic hydroxyl groups is 1. The van der Waals surface area contributed by atoms with E-state index >= 15 is 0 Å². The normalized spacial score (nSPS) is 10.6. The molecule has 0 saturated carbocycles. The summed E-state index contributed by atoms with van der Waals surface area (Å²) in [5.41, 5.74) is -0.525. The lowest BCUT2D eigenvalue weighted by molar-refractivity contribution is 0.280. The molecule has 0 fully saturated rings. The summed E-state index contributed by atoms with van der Waals surface area (Å²) in [6, 6.07) is 1.41. The second-order valence-corrected chi connectivity index (χ2v) is 3.71. The molecule has 5 heteroatoms. The molecule has 0 aliphatic heterocycles. The molecule has 1 aromatic heterocycles. The smallest absolute Gasteiger partial charge is 0.330 e. The first kappa shape index (κ1) is 12.7. The topological polar surface area (TPSA) is 64.2 Å². The van der Waals surface area contributed by atoms with Gasteiger partial charge in [-0.15, -0.1) is 0 Å². The first-order valence-electron chi connectivity index (χ1n) is 5.62. The van der Waals surface area contributed by atoms with Crippen LogP contribution >= 0.6 is 0 Å². The van der Waals surface area contributed by atoms with E-state index in [0.29, 0.717) is 25.9 Å². The van der Waals surface area contributed by atoms with Crippen molar-refractivity contribution in [3.8, 4) is 0 Å². The van der Waals surface area contributed by atoms with Gasteiger partial charge in [0.2, 0.25) is 0 Å². The van der Waals surface area contributed by atoms with E-state index in [1.807, 2.05) is 6.92 Å². The summed E-state index contributed by atoms with van der Waals surface area (Å²) < 4.78 is 2.77. The summed E-state index contributed by atoms with van der Waals surface area (Å²) >= 11 is 0. The third-order valence-corrected chi connectivity index (χ3v) is 2.39. The lowest BCUT2D eigenvalue weighted by Crippen LogP contribution is -2.39. The van der Waals surface area contributed by atoms with E-state index in [4.69, 9.17) is 5.11 Å². The molecule has 0 amide bonds. The second kappa shape index (κ2) is 6.27. The first-order valence-corrected chi connectivity index (χ1v) is 5.62. The van der Waals surface area contributed by atoms with Gasteiger partial charge in [-0.25, -0.2) is 4.79 Å². The zero-order valence-corrected chi connectivity index (χ0v) is 9.56. The van der Waals surface area contributed by atoms with Gasteiger partial charge in [0.1, 0.15) is 0 Å². The Morgan fingerprint density at radius 3 is 2.62 bits per heavy atom. The van der Waals surface area contributed by atoms with Crippen molar-refractivity contribution < 1.29 is 5.11 Å². The molecule has 0 aliphatic carbocycles. The Morgan fingerprint density at radius 2 is 2.00 bits per heavy atom. The number of aromatic nitrogens is 2. The second-order valence-electron chi connectivity index (χ2n) is 3.71. The van der Waals surface area contributed by atoms with Gasteiger partial charge < -0.3 is 9.67 Å². The van der Waals surface area contributed by atoms with Gasteiger partial charge in [-0.05, 0) is 19.3 Å². The fourth-order valence-corrected chi connectivity index (χ4v) is 1.56. The van der Waals surface area contributed by atoms with E-state index in [1.54, 1.807) is 4.57 Å². The van der Waals surface area contributed by atoms with Crippen LogP contribution in [-0.2, 0) is 13.1 Å². The Balaban J connectivity index is 2.93. The third-order valence-electron chi connectivity index (χ3n) is 2.39. The maximum atomic E-state index is 11.8. The fraction of sp³-hybridized carbons (Fsp3) is 0.636. The molecule has 16 heavy (non-hydrogen) atoms. The quantitative estimate of drug-likeness (QED) is 0.704. The monoisotopic (exact) mass is 226 g/mol. The number of rotatable bonds is 6. The van der Waals surface area contributed by atoms with Gasteiger partial charge in [0.15, 0.2) is 0 Å². The number of aliphatic hydroxyl groups excluding tert-OH is 1. The van der Waals surface area contributed by atoms with Crippen LogP contribution in [0.2, 0.25) is 0 Å². The van der Waals surface area contributed by atoms with E-state index in [-0.39, 0.29) is 17.9 Å². The molecule has 5 nitrogen and oxygen atoms in total. The van der Waals surface area contributed by atoms with Gasteiger partial charge in [-0.2, -0.15) is 0 Å². The minimum atomic E-state index is -0.268. The van der Waals surface area contributed by atoms with E-state index in [0.717, 1.165) is 6.42 Å². The Bertz CT molecular complexity index is 434. The highest BCUT2D eigenvalue weighted by Gasteiger charge is 2.03. The average molecular weight is 226 g/mol. The van der Waals surface area contributed by atoms with E-state index in [9.17, 15) is 9.59 Å². The van der Waals surface area contributed by atoms with Gasteiger partial charge in [0.05, 0.1) is 0 Å². The summed E-state index contributed by atoms with van der Waals surface area (Å²) in [5.74, 6) is 0. The standard InChI is InChI=1S/C11H18N2O3/c1-2-6-12-8-5-10(15)13(11(12)16)7-3-4-9-14/h5,8,14H,2-4,6-7,9H2,1H3. The van der Waals surface area contributed by atoms with E-state index < -0.39 is 0 Å². The zero-order chi connectivity index (χ0) is 12.0. The Labute approximate surface area is 94.0 Å². The SMILES string of the molecule is CCCn1ccc(=O)n(CCCCO)c1=O. The third kappa shape index (κ3) is 3.06. The van der Waals surface area contributed by atoms with Crippen LogP contribution in [0.25, 0.3) is 0 Å². The van der Waals surface area contributed by atoms with Gasteiger partial charge >= 0.3 is 5.69 Å². The molecule has 0 spiro atoms. The van der Waals surface area contributed by atoms with Crippen LogP contribution in [-0.4, -0.2) is 20.8 Å². The van der Waals surface area contributed by atoms with Crippen molar-refractivity contribution in [2.45, 2.75) is 39.3 Å². The van der Waals surface area contributed by atoms with Crippen molar-refractivity contribution in [2.75, 3.05) is 6.61 Å². The number of hydrogen-bond donors (Lipinski definition) is 1. The predicted octanol–water partition coefficient (Wildman–Crippen LogP) is 0.192. The molecular formula is C11H18N2O3. The van der Waals surface area contributed by atoms with Crippen LogP contribution in [0.1, 0.15) is 26.2 Å². The fourth-order valence-electron chi connectivity index (χ4n) is 1.56. The molecule has 0 unspecified atom stereocenters. The number of hydrogen-bond acceptors (Lipinski definition) is 3. The predicted molar refractivity (Wildman–Crippen MR) is 61.6 cm³/mol. The molecule has 0 atom stereocenters. The summed E-state index contributed by atoms with van der Waals surface area (Å²) in [4.78, 5) is 23.3. The zero-order valence-electron chi connectivity index (χ0n) is 9.56. The number of nitrogens with zero attached hydrogens (tertiary/aromatic N) is 2. The maximum Gasteiger partial charge on any atom is 0.330 e. The molecular weight excluding hydrogens is 208 g/mol. The minimum absolute atomic E-state index is 0.0880. The van der Waals surface area contributed by atoms with Crippen LogP contribution in [0.5, 0.6) is 0 Å². The molecule has 0 radical (unpaired) electrons. The summed E-state index contributed by atoms with van der Waals surface area (Å²) in [6.07, 6.45) is 3.64. The van der Waals surface area contributed by atoms with Crippen molar-refractivity contribution in [3.63, 3.8) is 0 Å². The van der Waals surface area contributed by atoms with Gasteiger partial charge in [-0.3, -0.25) is 9.36 Å². The summed E-state index contributed by atoms with van der Waals surface area (Å²) in [5, 5.41) is 8.65. The summed E-state index contributed by atoms with van der Waals surface area (Å²) in [6.45, 7) is 3.07. The van der Waals surface area contributed by atoms with E-state index in [2.05, 4.69) is 0 Å². The lowest BCUT2D eigenvalue weighted by Gasteiger charge is -2.08. The number of aryl methyl sites for hydroxylation is 1. The highest BCUT2D eigenvalue weighted by Crippen LogP contribution is 1.90. The largest absolute Gasteiger partial charge is 0.396 e. The van der Waals surface area contributed by atoms with Crippen molar-refractivity contribution in [3.05, 3.63) is 33.1 Å². The number of unbranched alkanes of at least 4 members (excludes halogenated alkanes) is 1. The summed E-state index contributed by atoms with van der Waals surface area (Å²) in [7, 11) is 0. The molecule has 1 heterocycles. The lowest BCUT2D eigenvalue weighted by atomic mass is 10.3. The minimum Gasteiger partial charge on any atom is -0.396 e. The van der Waals surface area contributed by atoms with Crippen molar-refractivity contribution in [1.82, 2.24) is 9.13 Å². The van der Waals surface area contributed by atoms with E-state index in [1.165, 1.54) is 16.8 Å². The van der Waals surface area contributed by atoms with Gasteiger partial charge in [0.25, 0.3) is 5.56 Å². The molecule has 0 aromatic carbocycles. The van der Waals surface area contributed by atoms with Gasteiger partial charge in [0, 0.05) is 32.0 Å². The van der Waals surface area contributed by atoms with Crippen molar-refractivity contribution in [2.24, 2.45) is 0 Å². The Morgan fingerprint density at radius 1 is 1.25 bits per heavy atom.